The van der Waals surface area contributed by atoms with Crippen LogP contribution in [0.2, 0.25) is 0 Å². The van der Waals surface area contributed by atoms with Crippen LogP contribution in [-0.4, -0.2) is 35.3 Å². The molecule has 2 aromatic rings. The van der Waals surface area contributed by atoms with Gasteiger partial charge in [0.2, 0.25) is 11.8 Å². The van der Waals surface area contributed by atoms with Crippen molar-refractivity contribution in [1.82, 2.24) is 21.1 Å². The average Bonchev–Trinajstić information content (AvgIpc) is 3.04. The number of nitrogens with one attached hydrogen (secondary N) is 3. The van der Waals surface area contributed by atoms with Gasteiger partial charge in [-0.25, -0.2) is 4.79 Å². The Morgan fingerprint density at radius 3 is 2.32 bits per heavy atom. The maximum absolute atomic E-state index is 13.0. The molecule has 3 rings (SSSR count). The molecule has 0 aromatic heterocycles. The van der Waals surface area contributed by atoms with E-state index in [0.717, 1.165) is 5.56 Å². The second-order valence-corrected chi connectivity index (χ2v) is 7.02. The van der Waals surface area contributed by atoms with Crippen molar-refractivity contribution in [3.05, 3.63) is 77.9 Å². The molecule has 1 atom stereocenters. The van der Waals surface area contributed by atoms with E-state index in [9.17, 15) is 19.2 Å². The van der Waals surface area contributed by atoms with Crippen LogP contribution in [0.1, 0.15) is 30.9 Å². The Morgan fingerprint density at radius 2 is 1.68 bits per heavy atom. The number of urea groups is 1. The second-order valence-electron chi connectivity index (χ2n) is 7.02. The predicted octanol–water partition coefficient (Wildman–Crippen LogP) is 2.09. The fraction of sp³-hybridized carbons (Fsp3) is 0.217. The van der Waals surface area contributed by atoms with E-state index < -0.39 is 23.4 Å². The molecule has 0 spiro atoms. The highest BCUT2D eigenvalue weighted by Crippen LogP contribution is 2.31. The van der Waals surface area contributed by atoms with Gasteiger partial charge in [-0.3, -0.25) is 19.8 Å². The van der Waals surface area contributed by atoms with Gasteiger partial charge in [0.05, 0.1) is 0 Å². The largest absolute Gasteiger partial charge is 0.352 e. The van der Waals surface area contributed by atoms with Crippen molar-refractivity contribution in [1.29, 1.82) is 0 Å². The lowest BCUT2D eigenvalue weighted by Crippen LogP contribution is -2.49. The third-order valence-corrected chi connectivity index (χ3v) is 5.00. The molecule has 0 radical (unpaired) electrons. The Morgan fingerprint density at radius 1 is 1.03 bits per heavy atom. The summed E-state index contributed by atoms with van der Waals surface area (Å²) in [6.45, 7) is 1.85. The molecule has 1 aliphatic rings. The molecule has 31 heavy (non-hydrogen) atoms. The van der Waals surface area contributed by atoms with Gasteiger partial charge in [0.15, 0.2) is 0 Å². The first kappa shape index (κ1) is 21.8. The number of hydrogen-bond donors (Lipinski definition) is 3. The third kappa shape index (κ3) is 4.98. The minimum absolute atomic E-state index is 0.0606. The van der Waals surface area contributed by atoms with Gasteiger partial charge in [-0.15, -0.1) is 0 Å². The number of carbonyl (C=O) groups excluding carboxylic acids is 4. The Hall–Kier alpha value is -3.94. The minimum Gasteiger partial charge on any atom is -0.352 e. The van der Waals surface area contributed by atoms with Gasteiger partial charge in [0, 0.05) is 19.0 Å². The molecule has 0 bridgehead atoms. The van der Waals surface area contributed by atoms with Crippen LogP contribution in [0.15, 0.2) is 66.7 Å². The third-order valence-electron chi connectivity index (χ3n) is 5.00. The number of hydrazine groups is 1. The Labute approximate surface area is 180 Å². The van der Waals surface area contributed by atoms with Crippen LogP contribution in [-0.2, 0) is 19.9 Å². The van der Waals surface area contributed by atoms with E-state index in [0.29, 0.717) is 17.0 Å². The first-order chi connectivity index (χ1) is 15.0. The van der Waals surface area contributed by atoms with Crippen LogP contribution in [0.25, 0.3) is 6.08 Å². The maximum Gasteiger partial charge on any atom is 0.344 e. The number of rotatable bonds is 8. The van der Waals surface area contributed by atoms with Gasteiger partial charge in [-0.2, -0.15) is 5.01 Å². The van der Waals surface area contributed by atoms with Crippen LogP contribution in [0.3, 0.4) is 0 Å². The van der Waals surface area contributed by atoms with Crippen molar-refractivity contribution < 1.29 is 19.2 Å². The minimum atomic E-state index is -1.22. The van der Waals surface area contributed by atoms with Gasteiger partial charge >= 0.3 is 6.03 Å². The van der Waals surface area contributed by atoms with E-state index in [2.05, 4.69) is 16.1 Å². The summed E-state index contributed by atoms with van der Waals surface area (Å²) < 4.78 is 0. The highest BCUT2D eigenvalue weighted by molar-refractivity contribution is 6.08. The monoisotopic (exact) mass is 420 g/mol. The van der Waals surface area contributed by atoms with E-state index in [4.69, 9.17) is 0 Å². The number of hydrogen-bond acceptors (Lipinski definition) is 4. The molecule has 0 aliphatic carbocycles. The SMILES string of the molecule is CC[C@@]1(c2ccccc2)NC(=O)N(NC(=O)CCNC(=O)/C=C/c2ccccc2)C1=O. The average molecular weight is 420 g/mol. The molecule has 3 N–H and O–H groups in total. The van der Waals surface area contributed by atoms with Gasteiger partial charge in [-0.05, 0) is 23.6 Å². The van der Waals surface area contributed by atoms with Crippen molar-refractivity contribution in [2.24, 2.45) is 0 Å². The van der Waals surface area contributed by atoms with Gasteiger partial charge in [0.25, 0.3) is 5.91 Å². The van der Waals surface area contributed by atoms with E-state index in [1.54, 1.807) is 37.3 Å². The van der Waals surface area contributed by atoms with E-state index in [1.807, 2.05) is 36.4 Å². The number of amides is 5. The molecule has 0 saturated carbocycles. The first-order valence-electron chi connectivity index (χ1n) is 9.99. The number of benzene rings is 2. The summed E-state index contributed by atoms with van der Waals surface area (Å²) in [6.07, 6.45) is 3.28. The molecule has 8 nitrogen and oxygen atoms in total. The fourth-order valence-corrected chi connectivity index (χ4v) is 3.31. The summed E-state index contributed by atoms with van der Waals surface area (Å²) >= 11 is 0. The fourth-order valence-electron chi connectivity index (χ4n) is 3.31. The van der Waals surface area contributed by atoms with Gasteiger partial charge < -0.3 is 10.6 Å². The number of nitrogens with zero attached hydrogens (tertiary/aromatic N) is 1. The molecular formula is C23H24N4O4. The highest BCUT2D eigenvalue weighted by Gasteiger charge is 2.52. The van der Waals surface area contributed by atoms with E-state index >= 15 is 0 Å². The molecule has 8 heteroatoms. The summed E-state index contributed by atoms with van der Waals surface area (Å²) in [4.78, 5) is 49.4. The molecule has 1 fully saturated rings. The summed E-state index contributed by atoms with van der Waals surface area (Å²) in [7, 11) is 0. The molecule has 1 saturated heterocycles. The van der Waals surface area contributed by atoms with Crippen molar-refractivity contribution >= 4 is 29.8 Å². The van der Waals surface area contributed by atoms with Crippen LogP contribution in [0, 0.1) is 0 Å². The first-order valence-corrected chi connectivity index (χ1v) is 9.99. The molecule has 0 unspecified atom stereocenters. The zero-order valence-electron chi connectivity index (χ0n) is 17.1. The van der Waals surface area contributed by atoms with Crippen molar-refractivity contribution in [3.8, 4) is 0 Å². The summed E-state index contributed by atoms with van der Waals surface area (Å²) in [6, 6.07) is 17.5. The normalized spacial score (nSPS) is 18.2. The van der Waals surface area contributed by atoms with Crippen molar-refractivity contribution in [2.75, 3.05) is 6.54 Å². The predicted molar refractivity (Wildman–Crippen MR) is 115 cm³/mol. The van der Waals surface area contributed by atoms with E-state index in [-0.39, 0.29) is 18.9 Å². The molecule has 2 aromatic carbocycles. The smallest absolute Gasteiger partial charge is 0.344 e. The summed E-state index contributed by atoms with van der Waals surface area (Å²) in [5.41, 5.74) is 2.64. The van der Waals surface area contributed by atoms with Crippen LogP contribution in [0.4, 0.5) is 4.79 Å². The van der Waals surface area contributed by atoms with Crippen molar-refractivity contribution in [3.63, 3.8) is 0 Å². The molecule has 1 aliphatic heterocycles. The quantitative estimate of drug-likeness (QED) is 0.449. The van der Waals surface area contributed by atoms with E-state index in [1.165, 1.54) is 6.08 Å². The lowest BCUT2D eigenvalue weighted by molar-refractivity contribution is -0.139. The lowest BCUT2D eigenvalue weighted by atomic mass is 9.87. The van der Waals surface area contributed by atoms with Gasteiger partial charge in [0.1, 0.15) is 5.54 Å². The topological polar surface area (TPSA) is 108 Å². The van der Waals surface area contributed by atoms with Gasteiger partial charge in [-0.1, -0.05) is 67.6 Å². The second kappa shape index (κ2) is 9.71. The zero-order chi connectivity index (χ0) is 22.3. The molecule has 160 valence electrons. The maximum atomic E-state index is 13.0. The Balaban J connectivity index is 1.52. The Bertz CT molecular complexity index is 991. The molecular weight excluding hydrogens is 396 g/mol. The standard InChI is InChI=1S/C23H24N4O4/c1-2-23(18-11-7-4-8-12-18)21(30)27(22(31)25-23)26-20(29)15-16-24-19(28)14-13-17-9-5-3-6-10-17/h3-14H,2,15-16H2,1H3,(H,24,28)(H,25,31)(H,26,29)/b14-13+/t23-/m0/s1. The zero-order valence-corrected chi connectivity index (χ0v) is 17.1. The summed E-state index contributed by atoms with van der Waals surface area (Å²) in [5.74, 6) is -1.45. The van der Waals surface area contributed by atoms with Crippen molar-refractivity contribution in [2.45, 2.75) is 25.3 Å². The summed E-state index contributed by atoms with van der Waals surface area (Å²) in [5, 5.41) is 5.99. The van der Waals surface area contributed by atoms with Crippen LogP contribution >= 0.6 is 0 Å². The van der Waals surface area contributed by atoms with Crippen LogP contribution < -0.4 is 16.1 Å². The molecule has 1 heterocycles. The number of carbonyl (C=O) groups is 4. The van der Waals surface area contributed by atoms with Crippen LogP contribution in [0.5, 0.6) is 0 Å². The highest BCUT2D eigenvalue weighted by atomic mass is 16.2. The Kier molecular flexibility index (Phi) is 6.81. The number of imide groups is 1. The lowest BCUT2D eigenvalue weighted by Gasteiger charge is -2.25. The molecule has 5 amide bonds.